The number of rotatable bonds is 4. The van der Waals surface area contributed by atoms with Crippen LogP contribution in [0.25, 0.3) is 0 Å². The van der Waals surface area contributed by atoms with Crippen LogP contribution in [0.2, 0.25) is 0 Å². The third kappa shape index (κ3) is 3.06. The molecule has 2 saturated heterocycles. The smallest absolute Gasteiger partial charge is 0.352 e. The van der Waals surface area contributed by atoms with Crippen molar-refractivity contribution in [1.82, 2.24) is 9.80 Å². The van der Waals surface area contributed by atoms with Gasteiger partial charge in [0.15, 0.2) is 0 Å². The first kappa shape index (κ1) is 18.6. The largest absolute Gasteiger partial charge is 0.508 e. The summed E-state index contributed by atoms with van der Waals surface area (Å²) >= 11 is 1.41. The number of thioether (sulfide) groups is 1. The number of phenols is 1. The minimum atomic E-state index is -1.19. The average molecular weight is 401 g/mol. The first-order valence-electron chi connectivity index (χ1n) is 8.81. The number of nitrogens with two attached hydrogens (primary N) is 1. The number of β-lactam (4-membered cyclic amide) rings is 1. The third-order valence-corrected chi connectivity index (χ3v) is 6.41. The molecule has 3 heterocycles. The molecule has 3 aliphatic rings. The lowest BCUT2D eigenvalue weighted by Crippen LogP contribution is -2.68. The molecule has 0 bridgehead atoms. The van der Waals surface area contributed by atoms with E-state index >= 15 is 0 Å². The number of aliphatic carboxylic acids is 1. The molecule has 2 amide bonds. The van der Waals surface area contributed by atoms with E-state index in [-0.39, 0.29) is 22.7 Å². The summed E-state index contributed by atoms with van der Waals surface area (Å²) in [7, 11) is 0. The van der Waals surface area contributed by atoms with Gasteiger partial charge in [-0.05, 0) is 35.8 Å². The van der Waals surface area contributed by atoms with E-state index in [0.717, 1.165) is 5.56 Å². The molecule has 1 aromatic rings. The maximum Gasteiger partial charge on any atom is 0.352 e. The van der Waals surface area contributed by atoms with Gasteiger partial charge in [0.1, 0.15) is 22.9 Å². The Kier molecular flexibility index (Phi) is 4.64. The molecule has 0 saturated carbocycles. The van der Waals surface area contributed by atoms with E-state index in [0.29, 0.717) is 36.4 Å². The van der Waals surface area contributed by atoms with Crippen LogP contribution in [-0.4, -0.2) is 61.5 Å². The highest BCUT2D eigenvalue weighted by Gasteiger charge is 2.51. The summed E-state index contributed by atoms with van der Waals surface area (Å²) < 4.78 is 0. The predicted octanol–water partition coefficient (Wildman–Crippen LogP) is 0.632. The SMILES string of the molecule is N[C@@H]1C(=O)N2C(C(=O)O)=C(/C=C3\CCN(Cc4cccc(O)c4)C3=O)CS[C@H]12. The number of amides is 2. The van der Waals surface area contributed by atoms with E-state index < -0.39 is 17.9 Å². The van der Waals surface area contributed by atoms with Gasteiger partial charge < -0.3 is 20.8 Å². The van der Waals surface area contributed by atoms with E-state index in [1.807, 2.05) is 6.07 Å². The van der Waals surface area contributed by atoms with E-state index in [1.54, 1.807) is 29.2 Å². The number of benzene rings is 1. The second-order valence-electron chi connectivity index (χ2n) is 6.93. The lowest BCUT2D eigenvalue weighted by molar-refractivity contribution is -0.147. The van der Waals surface area contributed by atoms with Gasteiger partial charge in [0, 0.05) is 24.4 Å². The van der Waals surface area contributed by atoms with Crippen molar-refractivity contribution < 1.29 is 24.6 Å². The lowest BCUT2D eigenvalue weighted by atomic mass is 10.0. The van der Waals surface area contributed by atoms with Crippen LogP contribution in [0.4, 0.5) is 0 Å². The van der Waals surface area contributed by atoms with Crippen molar-refractivity contribution in [3.05, 3.63) is 52.7 Å². The normalized spacial score (nSPS) is 26.0. The summed E-state index contributed by atoms with van der Waals surface area (Å²) in [6.07, 6.45) is 2.10. The molecule has 1 aromatic carbocycles. The average Bonchev–Trinajstić information content (AvgIpc) is 3.00. The fourth-order valence-electron chi connectivity index (χ4n) is 3.69. The Labute approximate surface area is 165 Å². The molecule has 0 radical (unpaired) electrons. The Morgan fingerprint density at radius 2 is 2.14 bits per heavy atom. The maximum atomic E-state index is 12.7. The monoisotopic (exact) mass is 401 g/mol. The molecule has 9 heteroatoms. The van der Waals surface area contributed by atoms with E-state index in [2.05, 4.69) is 0 Å². The van der Waals surface area contributed by atoms with Crippen molar-refractivity contribution in [2.75, 3.05) is 12.3 Å². The minimum Gasteiger partial charge on any atom is -0.508 e. The van der Waals surface area contributed by atoms with Crippen molar-refractivity contribution in [1.29, 1.82) is 0 Å². The molecule has 146 valence electrons. The van der Waals surface area contributed by atoms with Crippen molar-refractivity contribution >= 4 is 29.5 Å². The van der Waals surface area contributed by atoms with Crippen LogP contribution in [-0.2, 0) is 20.9 Å². The number of aromatic hydroxyl groups is 1. The number of hydrogen-bond donors (Lipinski definition) is 3. The van der Waals surface area contributed by atoms with Crippen LogP contribution in [0.1, 0.15) is 12.0 Å². The zero-order valence-electron chi connectivity index (χ0n) is 14.9. The number of carbonyl (C=O) groups excluding carboxylic acids is 2. The summed E-state index contributed by atoms with van der Waals surface area (Å²) in [4.78, 5) is 39.4. The number of hydrogen-bond acceptors (Lipinski definition) is 6. The Bertz CT molecular complexity index is 941. The second kappa shape index (κ2) is 6.99. The molecule has 4 N–H and O–H groups in total. The van der Waals surface area contributed by atoms with Crippen molar-refractivity contribution in [2.45, 2.75) is 24.4 Å². The Hall–Kier alpha value is -2.78. The molecule has 2 atom stereocenters. The second-order valence-corrected chi connectivity index (χ2v) is 8.04. The van der Waals surface area contributed by atoms with Gasteiger partial charge in [0.25, 0.3) is 0 Å². The fraction of sp³-hybridized carbons (Fsp3) is 0.316. The number of likely N-dealkylation sites (tertiary alicyclic amines) is 1. The summed E-state index contributed by atoms with van der Waals surface area (Å²) in [5.41, 5.74) is 7.46. The Morgan fingerprint density at radius 3 is 2.86 bits per heavy atom. The van der Waals surface area contributed by atoms with Gasteiger partial charge in [-0.1, -0.05) is 12.1 Å². The van der Waals surface area contributed by atoms with Crippen LogP contribution < -0.4 is 5.73 Å². The molecule has 2 fully saturated rings. The van der Waals surface area contributed by atoms with Crippen molar-refractivity contribution in [3.8, 4) is 5.75 Å². The molecular formula is C19H19N3O5S. The topological polar surface area (TPSA) is 124 Å². The van der Waals surface area contributed by atoms with E-state index in [4.69, 9.17) is 5.73 Å². The van der Waals surface area contributed by atoms with Gasteiger partial charge in [-0.2, -0.15) is 0 Å². The lowest BCUT2D eigenvalue weighted by Gasteiger charge is -2.47. The Balaban J connectivity index is 1.57. The van der Waals surface area contributed by atoms with E-state index in [9.17, 15) is 24.6 Å². The van der Waals surface area contributed by atoms with Crippen molar-refractivity contribution in [3.63, 3.8) is 0 Å². The highest BCUT2D eigenvalue weighted by atomic mass is 32.2. The molecule has 0 aliphatic carbocycles. The molecular weight excluding hydrogens is 382 g/mol. The number of carbonyl (C=O) groups is 3. The molecule has 0 aromatic heterocycles. The summed E-state index contributed by atoms with van der Waals surface area (Å²) in [5.74, 6) is -1.25. The molecule has 3 aliphatic heterocycles. The predicted molar refractivity (Wildman–Crippen MR) is 102 cm³/mol. The van der Waals surface area contributed by atoms with Crippen LogP contribution in [0, 0.1) is 0 Å². The summed E-state index contributed by atoms with van der Waals surface area (Å²) in [6.45, 7) is 0.880. The summed E-state index contributed by atoms with van der Waals surface area (Å²) in [6, 6.07) is 6.04. The van der Waals surface area contributed by atoms with Crippen LogP contribution >= 0.6 is 11.8 Å². The first-order chi connectivity index (χ1) is 13.4. The molecule has 8 nitrogen and oxygen atoms in total. The third-order valence-electron chi connectivity index (χ3n) is 5.09. The number of phenolic OH excluding ortho intramolecular Hbond substituents is 1. The standard InChI is InChI=1S/C19H19N3O5S/c20-14-17(25)22-15(19(26)27)12(9-28-18(14)22)7-11-4-5-21(16(11)24)8-10-2-1-3-13(23)6-10/h1-3,6-7,14,18,23H,4-5,8-9,20H2,(H,26,27)/b11-7+/t14-,18-/m1/s1. The minimum absolute atomic E-state index is 0.0813. The van der Waals surface area contributed by atoms with Gasteiger partial charge in [-0.25, -0.2) is 4.79 Å². The number of nitrogens with zero attached hydrogens (tertiary/aromatic N) is 2. The number of fused-ring (bicyclic) bond motifs is 1. The van der Waals surface area contributed by atoms with E-state index in [1.165, 1.54) is 16.7 Å². The first-order valence-corrected chi connectivity index (χ1v) is 9.86. The molecule has 0 spiro atoms. The quantitative estimate of drug-likeness (QED) is 0.499. The van der Waals surface area contributed by atoms with Gasteiger partial charge >= 0.3 is 5.97 Å². The Morgan fingerprint density at radius 1 is 1.36 bits per heavy atom. The number of carboxylic acids is 1. The fourth-order valence-corrected chi connectivity index (χ4v) is 4.94. The maximum absolute atomic E-state index is 12.7. The number of allylic oxidation sites excluding steroid dienone is 1. The van der Waals surface area contributed by atoms with Crippen molar-refractivity contribution in [2.24, 2.45) is 5.73 Å². The number of carboxylic acid groups (broad SMARTS) is 1. The zero-order valence-corrected chi connectivity index (χ0v) is 15.7. The molecule has 28 heavy (non-hydrogen) atoms. The van der Waals surface area contributed by atoms with Gasteiger partial charge in [-0.15, -0.1) is 11.8 Å². The van der Waals surface area contributed by atoms with Gasteiger partial charge in [0.05, 0.1) is 0 Å². The zero-order chi connectivity index (χ0) is 20.0. The summed E-state index contributed by atoms with van der Waals surface area (Å²) in [5, 5.41) is 18.8. The van der Waals surface area contributed by atoms with Crippen LogP contribution in [0.3, 0.4) is 0 Å². The molecule has 4 rings (SSSR count). The van der Waals surface area contributed by atoms with Gasteiger partial charge in [-0.3, -0.25) is 14.5 Å². The van der Waals surface area contributed by atoms with Crippen LogP contribution in [0.5, 0.6) is 5.75 Å². The van der Waals surface area contributed by atoms with Crippen LogP contribution in [0.15, 0.2) is 47.2 Å². The highest BCUT2D eigenvalue weighted by molar-refractivity contribution is 8.00. The molecule has 0 unspecified atom stereocenters. The highest BCUT2D eigenvalue weighted by Crippen LogP contribution is 2.40. The van der Waals surface area contributed by atoms with Gasteiger partial charge in [0.2, 0.25) is 11.8 Å².